The van der Waals surface area contributed by atoms with Crippen molar-refractivity contribution in [3.8, 4) is 0 Å². The molecule has 2 aromatic rings. The highest BCUT2D eigenvalue weighted by Gasteiger charge is 2.16. The quantitative estimate of drug-likeness (QED) is 0.939. The summed E-state index contributed by atoms with van der Waals surface area (Å²) in [6, 6.07) is 8.14. The summed E-state index contributed by atoms with van der Waals surface area (Å²) in [7, 11) is 1.90. The largest absolute Gasteiger partial charge is 0.349 e. The molecule has 1 N–H and O–H groups in total. The first-order valence-corrected chi connectivity index (χ1v) is 7.24. The molecule has 0 fully saturated rings. The molecule has 0 aliphatic heterocycles. The third-order valence-electron chi connectivity index (χ3n) is 4.03. The highest BCUT2D eigenvalue weighted by Crippen LogP contribution is 2.18. The van der Waals surface area contributed by atoms with E-state index in [0.29, 0.717) is 6.42 Å². The zero-order valence-corrected chi connectivity index (χ0v) is 13.4. The van der Waals surface area contributed by atoms with Crippen molar-refractivity contribution in [1.29, 1.82) is 0 Å². The van der Waals surface area contributed by atoms with Crippen molar-refractivity contribution in [3.63, 3.8) is 0 Å². The minimum Gasteiger partial charge on any atom is -0.349 e. The average molecular weight is 285 g/mol. The van der Waals surface area contributed by atoms with Gasteiger partial charge in [0.15, 0.2) is 0 Å². The fraction of sp³-hybridized carbons (Fsp3) is 0.412. The molecule has 1 unspecified atom stereocenters. The van der Waals surface area contributed by atoms with E-state index >= 15 is 0 Å². The monoisotopic (exact) mass is 285 g/mol. The highest BCUT2D eigenvalue weighted by atomic mass is 16.1. The van der Waals surface area contributed by atoms with Crippen molar-refractivity contribution in [2.45, 2.75) is 40.2 Å². The molecular formula is C17H23N3O. The fourth-order valence-corrected chi connectivity index (χ4v) is 2.68. The van der Waals surface area contributed by atoms with Crippen LogP contribution in [0.2, 0.25) is 0 Å². The lowest BCUT2D eigenvalue weighted by molar-refractivity contribution is -0.121. The van der Waals surface area contributed by atoms with Gasteiger partial charge >= 0.3 is 0 Å². The van der Waals surface area contributed by atoms with E-state index in [1.165, 1.54) is 5.56 Å². The van der Waals surface area contributed by atoms with Crippen LogP contribution >= 0.6 is 0 Å². The third-order valence-corrected chi connectivity index (χ3v) is 4.03. The van der Waals surface area contributed by atoms with E-state index in [2.05, 4.69) is 29.5 Å². The summed E-state index contributed by atoms with van der Waals surface area (Å²) in [5.41, 5.74) is 5.34. The molecule has 0 bridgehead atoms. The maximum atomic E-state index is 12.3. The number of amides is 1. The van der Waals surface area contributed by atoms with E-state index < -0.39 is 0 Å². The summed E-state index contributed by atoms with van der Waals surface area (Å²) in [6.07, 6.45) is 0.377. The average Bonchev–Trinajstić information content (AvgIpc) is 2.65. The summed E-state index contributed by atoms with van der Waals surface area (Å²) in [5.74, 6) is 0.0324. The lowest BCUT2D eigenvalue weighted by atomic mass is 10.0. The van der Waals surface area contributed by atoms with Gasteiger partial charge in [-0.3, -0.25) is 9.48 Å². The van der Waals surface area contributed by atoms with Gasteiger partial charge in [-0.2, -0.15) is 5.10 Å². The van der Waals surface area contributed by atoms with Gasteiger partial charge in [-0.25, -0.2) is 0 Å². The smallest absolute Gasteiger partial charge is 0.225 e. The van der Waals surface area contributed by atoms with Crippen LogP contribution in [-0.2, 0) is 18.3 Å². The van der Waals surface area contributed by atoms with Crippen LogP contribution in [0.3, 0.4) is 0 Å². The second-order valence-corrected chi connectivity index (χ2v) is 5.60. The van der Waals surface area contributed by atoms with Crippen LogP contribution in [-0.4, -0.2) is 15.7 Å². The number of nitrogens with one attached hydrogen (secondary N) is 1. The fourth-order valence-electron chi connectivity index (χ4n) is 2.68. The number of aryl methyl sites for hydroxylation is 3. The number of aromatic nitrogens is 2. The lowest BCUT2D eigenvalue weighted by Crippen LogP contribution is -2.28. The van der Waals surface area contributed by atoms with E-state index in [9.17, 15) is 4.79 Å². The molecule has 2 rings (SSSR count). The number of hydrogen-bond donors (Lipinski definition) is 1. The van der Waals surface area contributed by atoms with E-state index in [1.54, 1.807) is 0 Å². The lowest BCUT2D eigenvalue weighted by Gasteiger charge is -2.16. The maximum Gasteiger partial charge on any atom is 0.225 e. The predicted molar refractivity (Wildman–Crippen MR) is 84.1 cm³/mol. The van der Waals surface area contributed by atoms with Gasteiger partial charge in [0.05, 0.1) is 18.2 Å². The van der Waals surface area contributed by atoms with Crippen LogP contribution in [0, 0.1) is 20.8 Å². The second kappa shape index (κ2) is 6.12. The Kier molecular flexibility index (Phi) is 4.46. The van der Waals surface area contributed by atoms with E-state index in [-0.39, 0.29) is 11.9 Å². The van der Waals surface area contributed by atoms with E-state index in [0.717, 1.165) is 22.5 Å². The molecule has 0 saturated carbocycles. The molecule has 1 aromatic carbocycles. The Hall–Kier alpha value is -2.10. The standard InChI is InChI=1S/C17H23N3O/c1-11-8-6-7-9-15(11)12(2)18-17(21)10-16-13(3)19-20(5)14(16)4/h6-9,12H,10H2,1-5H3,(H,18,21). The number of benzene rings is 1. The number of rotatable bonds is 4. The zero-order valence-electron chi connectivity index (χ0n) is 13.4. The summed E-state index contributed by atoms with van der Waals surface area (Å²) >= 11 is 0. The molecule has 1 heterocycles. The van der Waals surface area contributed by atoms with Gasteiger partial charge in [-0.1, -0.05) is 24.3 Å². The molecule has 0 aliphatic carbocycles. The molecular weight excluding hydrogens is 262 g/mol. The predicted octanol–water partition coefficient (Wildman–Crippen LogP) is 2.77. The topological polar surface area (TPSA) is 46.9 Å². The van der Waals surface area contributed by atoms with Gasteiger partial charge in [-0.15, -0.1) is 0 Å². The first-order valence-electron chi connectivity index (χ1n) is 7.24. The normalized spacial score (nSPS) is 12.2. The first-order chi connectivity index (χ1) is 9.90. The van der Waals surface area contributed by atoms with Crippen molar-refractivity contribution in [2.24, 2.45) is 7.05 Å². The van der Waals surface area contributed by atoms with Crippen molar-refractivity contribution < 1.29 is 4.79 Å². The van der Waals surface area contributed by atoms with Crippen LogP contribution in [0.25, 0.3) is 0 Å². The molecule has 1 aromatic heterocycles. The molecule has 1 atom stereocenters. The van der Waals surface area contributed by atoms with Crippen LogP contribution in [0.4, 0.5) is 0 Å². The Morgan fingerprint density at radius 2 is 1.95 bits per heavy atom. The molecule has 0 spiro atoms. The Labute approximate surface area is 126 Å². The number of carbonyl (C=O) groups is 1. The van der Waals surface area contributed by atoms with Gasteiger partial charge in [0.1, 0.15) is 0 Å². The Bertz CT molecular complexity index is 658. The number of nitrogens with zero attached hydrogens (tertiary/aromatic N) is 2. The Morgan fingerprint density at radius 3 is 2.52 bits per heavy atom. The van der Waals surface area contributed by atoms with Crippen LogP contribution in [0.15, 0.2) is 24.3 Å². The molecule has 0 saturated heterocycles. The second-order valence-electron chi connectivity index (χ2n) is 5.60. The summed E-state index contributed by atoms with van der Waals surface area (Å²) in [4.78, 5) is 12.3. The SMILES string of the molecule is Cc1ccccc1C(C)NC(=O)Cc1c(C)nn(C)c1C. The molecule has 0 radical (unpaired) electrons. The molecule has 112 valence electrons. The van der Waals surface area contributed by atoms with Crippen LogP contribution in [0.5, 0.6) is 0 Å². The van der Waals surface area contributed by atoms with Gasteiger partial charge in [-0.05, 0) is 38.8 Å². The van der Waals surface area contributed by atoms with E-state index in [1.807, 2.05) is 44.6 Å². The highest BCUT2D eigenvalue weighted by molar-refractivity contribution is 5.79. The van der Waals surface area contributed by atoms with E-state index in [4.69, 9.17) is 0 Å². The van der Waals surface area contributed by atoms with Crippen molar-refractivity contribution in [1.82, 2.24) is 15.1 Å². The molecule has 4 heteroatoms. The van der Waals surface area contributed by atoms with Gasteiger partial charge in [0.25, 0.3) is 0 Å². The molecule has 4 nitrogen and oxygen atoms in total. The molecule has 0 aliphatic rings. The third kappa shape index (κ3) is 3.32. The summed E-state index contributed by atoms with van der Waals surface area (Å²) in [6.45, 7) is 8.02. The minimum atomic E-state index is 0.0102. The number of carbonyl (C=O) groups excluding carboxylic acids is 1. The Morgan fingerprint density at radius 1 is 1.29 bits per heavy atom. The van der Waals surface area contributed by atoms with Crippen molar-refractivity contribution >= 4 is 5.91 Å². The van der Waals surface area contributed by atoms with Crippen molar-refractivity contribution in [2.75, 3.05) is 0 Å². The molecule has 1 amide bonds. The van der Waals surface area contributed by atoms with Gasteiger partial charge in [0, 0.05) is 18.3 Å². The maximum absolute atomic E-state index is 12.3. The molecule has 21 heavy (non-hydrogen) atoms. The van der Waals surface area contributed by atoms with Crippen molar-refractivity contribution in [3.05, 3.63) is 52.3 Å². The Balaban J connectivity index is 2.07. The minimum absolute atomic E-state index is 0.0102. The first kappa shape index (κ1) is 15.3. The number of hydrogen-bond acceptors (Lipinski definition) is 2. The van der Waals surface area contributed by atoms with Gasteiger partial charge in [0.2, 0.25) is 5.91 Å². The van der Waals surface area contributed by atoms with Gasteiger partial charge < -0.3 is 5.32 Å². The summed E-state index contributed by atoms with van der Waals surface area (Å²) in [5, 5.41) is 7.42. The van der Waals surface area contributed by atoms with Crippen LogP contribution in [0.1, 0.15) is 41.0 Å². The summed E-state index contributed by atoms with van der Waals surface area (Å²) < 4.78 is 1.82. The van der Waals surface area contributed by atoms with Crippen LogP contribution < -0.4 is 5.32 Å². The zero-order chi connectivity index (χ0) is 15.6.